The molecular weight excluding hydrogens is 440 g/mol. The molecule has 1 aliphatic rings. The first kappa shape index (κ1) is 31.2. The van der Waals surface area contributed by atoms with Crippen molar-refractivity contribution in [2.75, 3.05) is 6.61 Å². The largest absolute Gasteiger partial charge is 0.494 e. The minimum absolute atomic E-state index is 0.574. The molecule has 0 unspecified atom stereocenters. The second kappa shape index (κ2) is 20.3. The summed E-state index contributed by atoms with van der Waals surface area (Å²) in [4.78, 5) is 0. The van der Waals surface area contributed by atoms with Crippen molar-refractivity contribution in [2.45, 2.75) is 104 Å². The molecule has 0 spiro atoms. The van der Waals surface area contributed by atoms with Crippen LogP contribution in [0.1, 0.15) is 104 Å². The quantitative estimate of drug-likeness (QED) is 0.0520. The van der Waals surface area contributed by atoms with E-state index in [1.54, 1.807) is 0 Å². The normalized spacial score (nSPS) is 13.1. The van der Waals surface area contributed by atoms with E-state index in [0.717, 1.165) is 36.8 Å². The van der Waals surface area contributed by atoms with Gasteiger partial charge in [-0.1, -0.05) is 120 Å². The topological polar surface area (TPSA) is 34.0 Å². The molecule has 0 heterocycles. The second-order valence-electron chi connectivity index (χ2n) is 9.63. The Morgan fingerprint density at radius 1 is 0.917 bits per heavy atom. The fourth-order valence-corrected chi connectivity index (χ4v) is 3.68. The number of nitrogens with zero attached hydrogens (tertiary/aromatic N) is 2. The third kappa shape index (κ3) is 16.7. The van der Waals surface area contributed by atoms with Crippen LogP contribution in [0.25, 0.3) is 0 Å². The average Bonchev–Trinajstić information content (AvgIpc) is 3.10. The van der Waals surface area contributed by atoms with Crippen molar-refractivity contribution in [3.8, 4) is 11.8 Å². The van der Waals surface area contributed by atoms with Gasteiger partial charge in [-0.25, -0.2) is 0 Å². The molecule has 3 nitrogen and oxygen atoms in total. The van der Waals surface area contributed by atoms with Gasteiger partial charge in [0.25, 0.3) is 0 Å². The summed E-state index contributed by atoms with van der Waals surface area (Å²) < 4.78 is 5.52. The Labute approximate surface area is 221 Å². The lowest BCUT2D eigenvalue weighted by atomic mass is 10.0. The number of unbranched alkanes of at least 4 members (excludes halogenated alkanes) is 9. The van der Waals surface area contributed by atoms with Gasteiger partial charge in [-0.2, -0.15) is 5.11 Å². The first-order valence-corrected chi connectivity index (χ1v) is 13.7. The molecule has 0 aromatic heterocycles. The molecule has 0 atom stereocenters. The third-order valence-corrected chi connectivity index (χ3v) is 6.05. The van der Waals surface area contributed by atoms with Crippen LogP contribution in [-0.2, 0) is 4.74 Å². The summed E-state index contributed by atoms with van der Waals surface area (Å²) in [6.07, 6.45) is 25.1. The van der Waals surface area contributed by atoms with Gasteiger partial charge in [-0.15, -0.1) is 5.11 Å². The van der Waals surface area contributed by atoms with Gasteiger partial charge in [-0.3, -0.25) is 0 Å². The predicted octanol–water partition coefficient (Wildman–Crippen LogP) is 10.5. The number of rotatable bonds is 21. The smallest absolute Gasteiger partial charge is 0.135 e. The van der Waals surface area contributed by atoms with Crippen molar-refractivity contribution in [3.05, 3.63) is 84.5 Å². The molecule has 1 rings (SSSR count). The minimum Gasteiger partial charge on any atom is -0.494 e. The highest BCUT2D eigenvalue weighted by Crippen LogP contribution is 2.18. The van der Waals surface area contributed by atoms with Crippen molar-refractivity contribution in [2.24, 2.45) is 10.2 Å². The summed E-state index contributed by atoms with van der Waals surface area (Å²) >= 11 is 0. The molecule has 0 fully saturated rings. The van der Waals surface area contributed by atoms with Gasteiger partial charge in [0.05, 0.1) is 12.3 Å². The lowest BCUT2D eigenvalue weighted by Crippen LogP contribution is -1.95. The van der Waals surface area contributed by atoms with E-state index < -0.39 is 0 Å². The van der Waals surface area contributed by atoms with Gasteiger partial charge in [0, 0.05) is 6.42 Å². The number of hydrogen-bond donors (Lipinski definition) is 0. The third-order valence-electron chi connectivity index (χ3n) is 6.05. The summed E-state index contributed by atoms with van der Waals surface area (Å²) in [5, 5.41) is 8.48. The Balaban J connectivity index is 2.27. The molecule has 0 radical (unpaired) electrons. The Morgan fingerprint density at radius 3 is 2.25 bits per heavy atom. The maximum atomic E-state index is 5.52. The van der Waals surface area contributed by atoms with E-state index in [4.69, 9.17) is 4.74 Å². The lowest BCUT2D eigenvalue weighted by Gasteiger charge is -2.08. The fourth-order valence-electron chi connectivity index (χ4n) is 3.68. The molecule has 0 aromatic rings. The number of allylic oxidation sites excluding steroid dienone is 8. The first-order chi connectivity index (χ1) is 17.4. The molecule has 0 N–H and O–H groups in total. The highest BCUT2D eigenvalue weighted by atomic mass is 16.5. The Morgan fingerprint density at radius 2 is 1.58 bits per heavy atom. The zero-order valence-corrected chi connectivity index (χ0v) is 23.0. The average molecular weight is 489 g/mol. The molecule has 0 saturated carbocycles. The summed E-state index contributed by atoms with van der Waals surface area (Å²) in [5.41, 5.74) is 4.48. The van der Waals surface area contributed by atoms with E-state index in [1.807, 2.05) is 25.2 Å². The van der Waals surface area contributed by atoms with Crippen LogP contribution in [0.4, 0.5) is 0 Å². The number of hydrogen-bond acceptors (Lipinski definition) is 3. The van der Waals surface area contributed by atoms with Crippen molar-refractivity contribution in [3.63, 3.8) is 0 Å². The van der Waals surface area contributed by atoms with Gasteiger partial charge < -0.3 is 4.74 Å². The molecule has 0 aromatic carbocycles. The standard InChI is InChI=1S/C33H48N2O/c1-7-8-9-10-11-12-13-14-15-16-20-32-21-17-22-33(26-25-32)35-34-30(5)24-23-29(4)19-18-27-36-31(6)28(2)3/h23-26H,2,4-16,18-21,27H2,1,3H3/b24-23-,35-34?. The maximum Gasteiger partial charge on any atom is 0.135 e. The summed E-state index contributed by atoms with van der Waals surface area (Å²) in [6, 6.07) is 0. The zero-order chi connectivity index (χ0) is 26.4. The number of ether oxygens (including phenoxy) is 1. The Bertz CT molecular complexity index is 902. The highest BCUT2D eigenvalue weighted by Gasteiger charge is 2.01. The van der Waals surface area contributed by atoms with Gasteiger partial charge in [0.1, 0.15) is 11.5 Å². The van der Waals surface area contributed by atoms with Crippen LogP contribution in [0, 0.1) is 11.8 Å². The van der Waals surface area contributed by atoms with E-state index in [0.29, 0.717) is 23.8 Å². The van der Waals surface area contributed by atoms with Crippen LogP contribution in [0.2, 0.25) is 0 Å². The van der Waals surface area contributed by atoms with E-state index in [-0.39, 0.29) is 0 Å². The van der Waals surface area contributed by atoms with E-state index >= 15 is 0 Å². The Kier molecular flexibility index (Phi) is 17.6. The van der Waals surface area contributed by atoms with Gasteiger partial charge in [-0.05, 0) is 56.3 Å². The molecule has 0 bridgehead atoms. The predicted molar refractivity (Wildman–Crippen MR) is 156 cm³/mol. The summed E-state index contributed by atoms with van der Waals surface area (Å²) in [6.45, 7) is 20.4. The van der Waals surface area contributed by atoms with Gasteiger partial charge in [0.2, 0.25) is 0 Å². The maximum absolute atomic E-state index is 5.52. The Hall–Kier alpha value is -2.86. The fraction of sp³-hybridized carbons (Fsp3) is 0.515. The van der Waals surface area contributed by atoms with Crippen LogP contribution in [0.3, 0.4) is 0 Å². The molecule has 196 valence electrons. The van der Waals surface area contributed by atoms with Gasteiger partial charge in [0.15, 0.2) is 0 Å². The molecule has 36 heavy (non-hydrogen) atoms. The van der Waals surface area contributed by atoms with Crippen LogP contribution in [0.15, 0.2) is 94.7 Å². The van der Waals surface area contributed by atoms with E-state index in [2.05, 4.69) is 61.4 Å². The summed E-state index contributed by atoms with van der Waals surface area (Å²) in [5.74, 6) is 6.98. The molecule has 3 heteroatoms. The highest BCUT2D eigenvalue weighted by molar-refractivity contribution is 5.37. The van der Waals surface area contributed by atoms with Crippen LogP contribution < -0.4 is 0 Å². The zero-order valence-electron chi connectivity index (χ0n) is 23.0. The first-order valence-electron chi connectivity index (χ1n) is 13.7. The molecule has 0 aliphatic heterocycles. The van der Waals surface area contributed by atoms with E-state index in [1.165, 1.54) is 69.8 Å². The van der Waals surface area contributed by atoms with Gasteiger partial charge >= 0.3 is 0 Å². The van der Waals surface area contributed by atoms with Crippen molar-refractivity contribution in [1.29, 1.82) is 0 Å². The molecule has 0 saturated heterocycles. The number of azo groups is 1. The van der Waals surface area contributed by atoms with Crippen molar-refractivity contribution in [1.82, 2.24) is 0 Å². The molecule has 1 aliphatic carbocycles. The van der Waals surface area contributed by atoms with Crippen LogP contribution in [0.5, 0.6) is 0 Å². The lowest BCUT2D eigenvalue weighted by molar-refractivity contribution is 0.218. The monoisotopic (exact) mass is 488 g/mol. The van der Waals surface area contributed by atoms with E-state index in [9.17, 15) is 0 Å². The summed E-state index contributed by atoms with van der Waals surface area (Å²) in [7, 11) is 0. The minimum atomic E-state index is 0.574. The second-order valence-corrected chi connectivity index (χ2v) is 9.63. The van der Waals surface area contributed by atoms with Crippen molar-refractivity contribution < 1.29 is 4.74 Å². The molecular formula is C33H48N2O. The molecule has 0 amide bonds. The van der Waals surface area contributed by atoms with Crippen LogP contribution in [-0.4, -0.2) is 6.61 Å². The van der Waals surface area contributed by atoms with Crippen molar-refractivity contribution >= 4 is 0 Å². The van der Waals surface area contributed by atoms with Crippen LogP contribution >= 0.6 is 0 Å². The SMILES string of the molecule is C=C(/C=C\C(=C)N=NC1=CC=C(CCCCCCCCCCCC)CC#C1)CCCOC(=C)C(=C)C.